The fourth-order valence-corrected chi connectivity index (χ4v) is 3.05. The smallest absolute Gasteiger partial charge is 0.317 e. The molecular formula is C18H24ClN3O5. The number of piperidine rings is 1. The summed E-state index contributed by atoms with van der Waals surface area (Å²) < 4.78 is 5.21. The van der Waals surface area contributed by atoms with Crippen molar-refractivity contribution < 1.29 is 24.2 Å². The van der Waals surface area contributed by atoms with Crippen molar-refractivity contribution in [3.05, 3.63) is 22.7 Å². The van der Waals surface area contributed by atoms with Crippen LogP contribution in [0.2, 0.25) is 5.02 Å². The molecule has 1 aromatic carbocycles. The van der Waals surface area contributed by atoms with Gasteiger partial charge in [-0.2, -0.15) is 0 Å². The van der Waals surface area contributed by atoms with E-state index in [4.69, 9.17) is 21.4 Å². The summed E-state index contributed by atoms with van der Waals surface area (Å²) in [5.74, 6) is -1.25. The van der Waals surface area contributed by atoms with Gasteiger partial charge in [0.05, 0.1) is 18.7 Å². The highest BCUT2D eigenvalue weighted by Gasteiger charge is 2.27. The van der Waals surface area contributed by atoms with Gasteiger partial charge in [-0.15, -0.1) is 0 Å². The number of anilines is 1. The third-order valence-electron chi connectivity index (χ3n) is 4.44. The molecule has 9 heteroatoms. The largest absolute Gasteiger partial charge is 0.495 e. The lowest BCUT2D eigenvalue weighted by Gasteiger charge is -2.30. The number of aliphatic carboxylic acids is 1. The Morgan fingerprint density at radius 1 is 1.37 bits per heavy atom. The van der Waals surface area contributed by atoms with Gasteiger partial charge in [0.2, 0.25) is 5.91 Å². The van der Waals surface area contributed by atoms with Crippen molar-refractivity contribution in [3.63, 3.8) is 0 Å². The minimum Gasteiger partial charge on any atom is -0.495 e. The molecule has 1 heterocycles. The number of ether oxygens (including phenoxy) is 1. The number of rotatable bonds is 6. The maximum atomic E-state index is 12.1. The van der Waals surface area contributed by atoms with Crippen LogP contribution < -0.4 is 15.4 Å². The molecule has 148 valence electrons. The topological polar surface area (TPSA) is 108 Å². The molecule has 1 saturated heterocycles. The van der Waals surface area contributed by atoms with E-state index in [9.17, 15) is 14.4 Å². The number of carboxylic acid groups (broad SMARTS) is 1. The summed E-state index contributed by atoms with van der Waals surface area (Å²) in [7, 11) is 1.49. The van der Waals surface area contributed by atoms with Gasteiger partial charge in [0, 0.05) is 37.1 Å². The summed E-state index contributed by atoms with van der Waals surface area (Å²) >= 11 is 6.04. The lowest BCUT2D eigenvalue weighted by molar-refractivity contribution is -0.143. The molecule has 0 bridgehead atoms. The van der Waals surface area contributed by atoms with Gasteiger partial charge in [-0.05, 0) is 31.4 Å². The number of carbonyl (C=O) groups excluding carboxylic acids is 2. The predicted octanol–water partition coefficient (Wildman–Crippen LogP) is 2.49. The van der Waals surface area contributed by atoms with E-state index in [2.05, 4.69) is 10.6 Å². The van der Waals surface area contributed by atoms with Crippen molar-refractivity contribution in [1.82, 2.24) is 10.2 Å². The van der Waals surface area contributed by atoms with Crippen LogP contribution >= 0.6 is 11.6 Å². The molecule has 0 radical (unpaired) electrons. The van der Waals surface area contributed by atoms with Crippen LogP contribution in [0.1, 0.15) is 24.8 Å². The van der Waals surface area contributed by atoms with Crippen molar-refractivity contribution in [2.75, 3.05) is 32.1 Å². The number of amides is 3. The van der Waals surface area contributed by atoms with E-state index in [0.29, 0.717) is 35.8 Å². The molecule has 8 nitrogen and oxygen atoms in total. The summed E-state index contributed by atoms with van der Waals surface area (Å²) in [5, 5.41) is 15.0. The van der Waals surface area contributed by atoms with Gasteiger partial charge < -0.3 is 25.4 Å². The third-order valence-corrected chi connectivity index (χ3v) is 4.85. The Hall–Kier alpha value is -2.48. The Labute approximate surface area is 162 Å². The number of urea groups is 1. The first-order valence-corrected chi connectivity index (χ1v) is 9.09. The number of hydrogen-bond donors (Lipinski definition) is 3. The molecule has 1 atom stereocenters. The Balaban J connectivity index is 1.82. The standard InChI is InChI=1S/C18H24ClN3O5/c1-11-8-14(15(27-2)9-13(11)19)21-16(23)5-6-20-18(26)22-7-3-4-12(10-22)17(24)25/h8-9,12H,3-7,10H2,1-2H3,(H,20,26)(H,21,23)(H,24,25). The zero-order valence-electron chi connectivity index (χ0n) is 15.4. The van der Waals surface area contributed by atoms with E-state index in [1.807, 2.05) is 6.92 Å². The number of nitrogens with one attached hydrogen (secondary N) is 2. The van der Waals surface area contributed by atoms with Gasteiger partial charge in [-0.3, -0.25) is 9.59 Å². The average molecular weight is 398 g/mol. The van der Waals surface area contributed by atoms with Crippen LogP contribution in [0.15, 0.2) is 12.1 Å². The molecule has 1 unspecified atom stereocenters. The van der Waals surface area contributed by atoms with Crippen LogP contribution in [-0.4, -0.2) is 54.7 Å². The van der Waals surface area contributed by atoms with E-state index in [-0.39, 0.29) is 31.4 Å². The maximum Gasteiger partial charge on any atom is 0.317 e. The molecular weight excluding hydrogens is 374 g/mol. The van der Waals surface area contributed by atoms with Crippen LogP contribution in [0.5, 0.6) is 5.75 Å². The monoisotopic (exact) mass is 397 g/mol. The molecule has 1 aromatic rings. The third kappa shape index (κ3) is 5.75. The number of aryl methyl sites for hydroxylation is 1. The first-order valence-electron chi connectivity index (χ1n) is 8.71. The molecule has 0 saturated carbocycles. The maximum absolute atomic E-state index is 12.1. The van der Waals surface area contributed by atoms with Crippen molar-refractivity contribution in [3.8, 4) is 5.75 Å². The van der Waals surface area contributed by atoms with Gasteiger partial charge in [-0.1, -0.05) is 11.6 Å². The fourth-order valence-electron chi connectivity index (χ4n) is 2.90. The molecule has 0 aromatic heterocycles. The zero-order chi connectivity index (χ0) is 20.0. The molecule has 3 amide bonds. The molecule has 2 rings (SSSR count). The summed E-state index contributed by atoms with van der Waals surface area (Å²) in [5.41, 5.74) is 1.32. The van der Waals surface area contributed by atoms with Crippen molar-refractivity contribution in [2.45, 2.75) is 26.2 Å². The highest BCUT2D eigenvalue weighted by Crippen LogP contribution is 2.30. The van der Waals surface area contributed by atoms with E-state index < -0.39 is 11.9 Å². The van der Waals surface area contributed by atoms with E-state index in [1.54, 1.807) is 12.1 Å². The molecule has 1 fully saturated rings. The second kappa shape index (κ2) is 9.45. The molecule has 1 aliphatic heterocycles. The van der Waals surface area contributed by atoms with Crippen LogP contribution in [0.25, 0.3) is 0 Å². The second-order valence-corrected chi connectivity index (χ2v) is 6.86. The molecule has 1 aliphatic rings. The Kier molecular flexibility index (Phi) is 7.29. The fraction of sp³-hybridized carbons (Fsp3) is 0.500. The second-order valence-electron chi connectivity index (χ2n) is 6.46. The van der Waals surface area contributed by atoms with E-state index in [0.717, 1.165) is 5.56 Å². The minimum absolute atomic E-state index is 0.0762. The normalized spacial score (nSPS) is 16.6. The number of carboxylic acids is 1. The first-order chi connectivity index (χ1) is 12.8. The lowest BCUT2D eigenvalue weighted by Crippen LogP contribution is -2.47. The summed E-state index contributed by atoms with van der Waals surface area (Å²) in [6, 6.07) is 3.00. The van der Waals surface area contributed by atoms with Crippen LogP contribution in [-0.2, 0) is 9.59 Å². The first kappa shape index (κ1) is 20.8. The highest BCUT2D eigenvalue weighted by molar-refractivity contribution is 6.31. The number of carbonyl (C=O) groups is 3. The quantitative estimate of drug-likeness (QED) is 0.683. The Morgan fingerprint density at radius 3 is 2.78 bits per heavy atom. The number of methoxy groups -OCH3 is 1. The lowest BCUT2D eigenvalue weighted by atomic mass is 9.99. The SMILES string of the molecule is COc1cc(Cl)c(C)cc1NC(=O)CCNC(=O)N1CCCC(C(=O)O)C1. The molecule has 0 spiro atoms. The molecule has 27 heavy (non-hydrogen) atoms. The molecule has 3 N–H and O–H groups in total. The number of halogens is 1. The van der Waals surface area contributed by atoms with Gasteiger partial charge in [0.1, 0.15) is 5.75 Å². The molecule has 0 aliphatic carbocycles. The highest BCUT2D eigenvalue weighted by atomic mass is 35.5. The van der Waals surface area contributed by atoms with Crippen LogP contribution in [0, 0.1) is 12.8 Å². The Morgan fingerprint density at radius 2 is 2.11 bits per heavy atom. The predicted molar refractivity (Wildman–Crippen MR) is 101 cm³/mol. The van der Waals surface area contributed by atoms with Gasteiger partial charge in [-0.25, -0.2) is 4.79 Å². The number of benzene rings is 1. The number of hydrogen-bond acceptors (Lipinski definition) is 4. The number of likely N-dealkylation sites (tertiary alicyclic amines) is 1. The average Bonchev–Trinajstić information content (AvgIpc) is 2.64. The van der Waals surface area contributed by atoms with Crippen molar-refractivity contribution in [1.29, 1.82) is 0 Å². The van der Waals surface area contributed by atoms with E-state index in [1.165, 1.54) is 12.0 Å². The van der Waals surface area contributed by atoms with Gasteiger partial charge >= 0.3 is 12.0 Å². The summed E-state index contributed by atoms with van der Waals surface area (Å²) in [6.45, 7) is 2.67. The van der Waals surface area contributed by atoms with Crippen LogP contribution in [0.4, 0.5) is 10.5 Å². The van der Waals surface area contributed by atoms with E-state index >= 15 is 0 Å². The van der Waals surface area contributed by atoms with Crippen molar-refractivity contribution in [2.24, 2.45) is 5.92 Å². The van der Waals surface area contributed by atoms with Gasteiger partial charge in [0.25, 0.3) is 0 Å². The van der Waals surface area contributed by atoms with Gasteiger partial charge in [0.15, 0.2) is 0 Å². The zero-order valence-corrected chi connectivity index (χ0v) is 16.1. The Bertz CT molecular complexity index is 725. The van der Waals surface area contributed by atoms with Crippen LogP contribution in [0.3, 0.4) is 0 Å². The minimum atomic E-state index is -0.890. The van der Waals surface area contributed by atoms with Crippen molar-refractivity contribution >= 4 is 35.2 Å². The number of nitrogens with zero attached hydrogens (tertiary/aromatic N) is 1. The summed E-state index contributed by atoms with van der Waals surface area (Å²) in [4.78, 5) is 36.8. The summed E-state index contributed by atoms with van der Waals surface area (Å²) in [6.07, 6.45) is 1.30.